The van der Waals surface area contributed by atoms with Gasteiger partial charge in [0.2, 0.25) is 0 Å². The van der Waals surface area contributed by atoms with Crippen LogP contribution >= 0.6 is 0 Å². The molecule has 0 radical (unpaired) electrons. The summed E-state index contributed by atoms with van der Waals surface area (Å²) < 4.78 is 0. The highest BCUT2D eigenvalue weighted by atomic mass is 15.0. The van der Waals surface area contributed by atoms with E-state index in [0.717, 1.165) is 23.3 Å². The van der Waals surface area contributed by atoms with Crippen LogP contribution in [0.4, 0.5) is 0 Å². The first kappa shape index (κ1) is 12.0. The maximum atomic E-state index is 3.86. The molecule has 3 aliphatic carbocycles. The summed E-state index contributed by atoms with van der Waals surface area (Å²) in [6, 6.07) is 9.71. The van der Waals surface area contributed by atoms with Crippen molar-refractivity contribution in [2.75, 3.05) is 6.54 Å². The van der Waals surface area contributed by atoms with Crippen LogP contribution in [0.2, 0.25) is 0 Å². The number of aryl methyl sites for hydroxylation is 1. The topological polar surface area (TPSA) is 12.0 Å². The number of hydrogen-bond acceptors (Lipinski definition) is 1. The van der Waals surface area contributed by atoms with Gasteiger partial charge in [0.1, 0.15) is 0 Å². The third-order valence-corrected chi connectivity index (χ3v) is 5.84. The van der Waals surface area contributed by atoms with Crippen LogP contribution in [0.1, 0.15) is 55.6 Å². The average molecular weight is 255 g/mol. The average Bonchev–Trinajstić information content (AvgIpc) is 3.23. The number of benzene rings is 1. The van der Waals surface area contributed by atoms with E-state index in [1.54, 1.807) is 5.56 Å². The number of nitrogens with one attached hydrogen (secondary N) is 1. The van der Waals surface area contributed by atoms with Gasteiger partial charge < -0.3 is 5.32 Å². The lowest BCUT2D eigenvalue weighted by atomic mass is 9.74. The minimum absolute atomic E-state index is 0.758. The molecule has 1 N–H and O–H groups in total. The highest BCUT2D eigenvalue weighted by molar-refractivity contribution is 5.31. The van der Waals surface area contributed by atoms with E-state index < -0.39 is 0 Å². The molecule has 0 bridgehead atoms. The Kier molecular flexibility index (Phi) is 2.73. The van der Waals surface area contributed by atoms with Crippen molar-refractivity contribution in [2.45, 2.75) is 57.4 Å². The minimum atomic E-state index is 0.758. The van der Waals surface area contributed by atoms with Gasteiger partial charge in [-0.15, -0.1) is 0 Å². The molecule has 0 spiro atoms. The molecule has 102 valence electrons. The van der Waals surface area contributed by atoms with Crippen LogP contribution in [-0.2, 0) is 0 Å². The summed E-state index contributed by atoms with van der Waals surface area (Å²) in [5.74, 6) is 1.90. The fourth-order valence-corrected chi connectivity index (χ4v) is 4.02. The third-order valence-electron chi connectivity index (χ3n) is 5.84. The summed E-state index contributed by atoms with van der Waals surface area (Å²) in [5, 5.41) is 3.86. The van der Waals surface area contributed by atoms with Gasteiger partial charge in [0.25, 0.3) is 0 Å². The molecule has 0 aliphatic heterocycles. The first-order valence-electron chi connectivity index (χ1n) is 8.06. The van der Waals surface area contributed by atoms with Crippen molar-refractivity contribution in [3.8, 4) is 0 Å². The first-order valence-corrected chi connectivity index (χ1v) is 8.06. The number of rotatable bonds is 5. The Hall–Kier alpha value is -0.820. The van der Waals surface area contributed by atoms with E-state index in [2.05, 4.69) is 36.5 Å². The van der Waals surface area contributed by atoms with Crippen molar-refractivity contribution in [1.82, 2.24) is 5.32 Å². The molecule has 1 aromatic rings. The first-order chi connectivity index (χ1) is 9.27. The van der Waals surface area contributed by atoms with Crippen LogP contribution in [0.3, 0.4) is 0 Å². The molecule has 0 atom stereocenters. The Bertz CT molecular complexity index is 464. The SMILES string of the molecule is Cc1ccccc1C1CC(NCC2(C3CC3)CC2)C1. The second-order valence-corrected chi connectivity index (χ2v) is 7.24. The molecule has 0 unspecified atom stereocenters. The lowest BCUT2D eigenvalue weighted by Gasteiger charge is -2.38. The van der Waals surface area contributed by atoms with Gasteiger partial charge in [-0.05, 0) is 73.8 Å². The molecule has 3 fully saturated rings. The standard InChI is InChI=1S/C18H25N/c1-13-4-2-3-5-17(13)14-10-16(11-14)19-12-18(8-9-18)15-6-7-15/h2-5,14-16,19H,6-12H2,1H3. The normalized spacial score (nSPS) is 31.8. The second kappa shape index (κ2) is 4.34. The Balaban J connectivity index is 1.28. The van der Waals surface area contributed by atoms with E-state index in [0.29, 0.717) is 0 Å². The molecule has 1 heteroatoms. The van der Waals surface area contributed by atoms with E-state index in [-0.39, 0.29) is 0 Å². The Morgan fingerprint density at radius 3 is 2.53 bits per heavy atom. The molecule has 3 aliphatic rings. The smallest absolute Gasteiger partial charge is 0.00789 e. The predicted molar refractivity (Wildman–Crippen MR) is 79.3 cm³/mol. The summed E-state index contributed by atoms with van der Waals surface area (Å²) in [7, 11) is 0. The van der Waals surface area contributed by atoms with Crippen molar-refractivity contribution in [1.29, 1.82) is 0 Å². The lowest BCUT2D eigenvalue weighted by molar-refractivity contribution is 0.261. The van der Waals surface area contributed by atoms with Crippen LogP contribution in [0.25, 0.3) is 0 Å². The molecule has 1 aromatic carbocycles. The van der Waals surface area contributed by atoms with Gasteiger partial charge in [0.15, 0.2) is 0 Å². The highest BCUT2D eigenvalue weighted by Crippen LogP contribution is 2.61. The second-order valence-electron chi connectivity index (χ2n) is 7.24. The van der Waals surface area contributed by atoms with E-state index in [1.165, 1.54) is 50.6 Å². The summed E-state index contributed by atoms with van der Waals surface area (Å²) in [6.07, 6.45) is 8.73. The Morgan fingerprint density at radius 1 is 1.16 bits per heavy atom. The quantitative estimate of drug-likeness (QED) is 0.838. The maximum Gasteiger partial charge on any atom is 0.00789 e. The molecule has 0 heterocycles. The molecule has 3 saturated carbocycles. The van der Waals surface area contributed by atoms with Crippen molar-refractivity contribution in [3.05, 3.63) is 35.4 Å². The predicted octanol–water partition coefficient (Wildman–Crippen LogP) is 4.02. The van der Waals surface area contributed by atoms with Gasteiger partial charge in [-0.1, -0.05) is 24.3 Å². The lowest BCUT2D eigenvalue weighted by Crippen LogP contribution is -2.43. The highest BCUT2D eigenvalue weighted by Gasteiger charge is 2.53. The molecule has 0 amide bonds. The Labute approximate surface area is 116 Å². The van der Waals surface area contributed by atoms with Crippen molar-refractivity contribution >= 4 is 0 Å². The van der Waals surface area contributed by atoms with Gasteiger partial charge in [-0.25, -0.2) is 0 Å². The zero-order valence-corrected chi connectivity index (χ0v) is 12.0. The van der Waals surface area contributed by atoms with E-state index in [4.69, 9.17) is 0 Å². The van der Waals surface area contributed by atoms with Crippen molar-refractivity contribution in [2.24, 2.45) is 11.3 Å². The molecule has 19 heavy (non-hydrogen) atoms. The molecular weight excluding hydrogens is 230 g/mol. The molecule has 0 aromatic heterocycles. The van der Waals surface area contributed by atoms with Gasteiger partial charge in [0.05, 0.1) is 0 Å². The van der Waals surface area contributed by atoms with Crippen molar-refractivity contribution in [3.63, 3.8) is 0 Å². The zero-order valence-electron chi connectivity index (χ0n) is 12.0. The fourth-order valence-electron chi connectivity index (χ4n) is 4.02. The van der Waals surface area contributed by atoms with Crippen LogP contribution in [0.15, 0.2) is 24.3 Å². The van der Waals surface area contributed by atoms with E-state index in [9.17, 15) is 0 Å². The molecule has 0 saturated heterocycles. The zero-order chi connectivity index (χ0) is 12.9. The fraction of sp³-hybridized carbons (Fsp3) is 0.667. The third kappa shape index (κ3) is 2.23. The summed E-state index contributed by atoms with van der Waals surface area (Å²) in [5.41, 5.74) is 3.82. The van der Waals surface area contributed by atoms with E-state index in [1.807, 2.05) is 0 Å². The summed E-state index contributed by atoms with van der Waals surface area (Å²) in [6.45, 7) is 3.56. The van der Waals surface area contributed by atoms with E-state index >= 15 is 0 Å². The molecular formula is C18H25N. The minimum Gasteiger partial charge on any atom is -0.313 e. The maximum absolute atomic E-state index is 3.86. The molecule has 4 rings (SSSR count). The van der Waals surface area contributed by atoms with Gasteiger partial charge in [0, 0.05) is 12.6 Å². The van der Waals surface area contributed by atoms with Crippen LogP contribution in [0, 0.1) is 18.3 Å². The van der Waals surface area contributed by atoms with Gasteiger partial charge in [-0.2, -0.15) is 0 Å². The largest absolute Gasteiger partial charge is 0.313 e. The van der Waals surface area contributed by atoms with Crippen molar-refractivity contribution < 1.29 is 0 Å². The molecule has 1 nitrogen and oxygen atoms in total. The Morgan fingerprint density at radius 2 is 1.89 bits per heavy atom. The van der Waals surface area contributed by atoms with Crippen LogP contribution in [0.5, 0.6) is 0 Å². The summed E-state index contributed by atoms with van der Waals surface area (Å²) >= 11 is 0. The van der Waals surface area contributed by atoms with Crippen LogP contribution in [-0.4, -0.2) is 12.6 Å². The monoisotopic (exact) mass is 255 g/mol. The van der Waals surface area contributed by atoms with Gasteiger partial charge in [-0.3, -0.25) is 0 Å². The summed E-state index contributed by atoms with van der Waals surface area (Å²) in [4.78, 5) is 0. The van der Waals surface area contributed by atoms with Gasteiger partial charge >= 0.3 is 0 Å². The number of hydrogen-bond donors (Lipinski definition) is 1. The van der Waals surface area contributed by atoms with Crippen LogP contribution < -0.4 is 5.32 Å².